The summed E-state index contributed by atoms with van der Waals surface area (Å²) in [4.78, 5) is 0. The third-order valence-corrected chi connectivity index (χ3v) is 3.98. The Balaban J connectivity index is 2.53. The van der Waals surface area contributed by atoms with Crippen LogP contribution < -0.4 is 0 Å². The SMILES string of the molecule is CCCC1(C)CCC(C)CC1C. The largest absolute Gasteiger partial charge is 0.0654 e. The third kappa shape index (κ3) is 2.02. The first-order valence-electron chi connectivity index (χ1n) is 5.58. The number of hydrogen-bond donors (Lipinski definition) is 0. The van der Waals surface area contributed by atoms with Crippen LogP contribution in [0.15, 0.2) is 0 Å². The minimum Gasteiger partial charge on any atom is -0.0654 e. The van der Waals surface area contributed by atoms with Crippen LogP contribution in [0, 0.1) is 17.3 Å². The Morgan fingerprint density at radius 1 is 1.33 bits per heavy atom. The average molecular weight is 168 g/mol. The molecule has 1 fully saturated rings. The van der Waals surface area contributed by atoms with Gasteiger partial charge < -0.3 is 0 Å². The molecule has 0 spiro atoms. The maximum Gasteiger partial charge on any atom is -0.0300 e. The van der Waals surface area contributed by atoms with Crippen molar-refractivity contribution in [1.82, 2.24) is 0 Å². The van der Waals surface area contributed by atoms with E-state index in [1.165, 1.54) is 32.1 Å². The van der Waals surface area contributed by atoms with Gasteiger partial charge in [-0.05, 0) is 36.5 Å². The normalized spacial score (nSPS) is 43.0. The van der Waals surface area contributed by atoms with Gasteiger partial charge in [0, 0.05) is 0 Å². The van der Waals surface area contributed by atoms with Gasteiger partial charge in [-0.25, -0.2) is 0 Å². The lowest BCUT2D eigenvalue weighted by Crippen LogP contribution is -2.31. The quantitative estimate of drug-likeness (QED) is 0.578. The summed E-state index contributed by atoms with van der Waals surface area (Å²) < 4.78 is 0. The Morgan fingerprint density at radius 3 is 2.50 bits per heavy atom. The van der Waals surface area contributed by atoms with Crippen LogP contribution in [0.2, 0.25) is 0 Å². The second-order valence-corrected chi connectivity index (χ2v) is 5.18. The summed E-state index contributed by atoms with van der Waals surface area (Å²) in [7, 11) is 0. The first-order valence-corrected chi connectivity index (χ1v) is 5.58. The monoisotopic (exact) mass is 168 g/mol. The van der Waals surface area contributed by atoms with E-state index in [-0.39, 0.29) is 0 Å². The molecule has 0 aromatic rings. The van der Waals surface area contributed by atoms with Crippen molar-refractivity contribution in [3.05, 3.63) is 0 Å². The highest BCUT2D eigenvalue weighted by Crippen LogP contribution is 2.45. The molecular weight excluding hydrogens is 144 g/mol. The molecular formula is C12H24. The maximum atomic E-state index is 2.49. The molecule has 0 amide bonds. The van der Waals surface area contributed by atoms with Gasteiger partial charge in [0.25, 0.3) is 0 Å². The molecule has 0 heteroatoms. The van der Waals surface area contributed by atoms with E-state index in [0.717, 1.165) is 11.8 Å². The fourth-order valence-electron chi connectivity index (χ4n) is 2.77. The van der Waals surface area contributed by atoms with Gasteiger partial charge in [0.1, 0.15) is 0 Å². The van der Waals surface area contributed by atoms with Crippen molar-refractivity contribution in [2.75, 3.05) is 0 Å². The molecule has 1 aliphatic carbocycles. The van der Waals surface area contributed by atoms with Crippen molar-refractivity contribution >= 4 is 0 Å². The van der Waals surface area contributed by atoms with Crippen LogP contribution in [0.5, 0.6) is 0 Å². The molecule has 0 bridgehead atoms. The topological polar surface area (TPSA) is 0 Å². The van der Waals surface area contributed by atoms with Crippen molar-refractivity contribution in [2.24, 2.45) is 17.3 Å². The van der Waals surface area contributed by atoms with E-state index in [1.807, 2.05) is 0 Å². The Hall–Kier alpha value is 0. The minimum atomic E-state index is 0.668. The van der Waals surface area contributed by atoms with Gasteiger partial charge in [-0.15, -0.1) is 0 Å². The van der Waals surface area contributed by atoms with Crippen molar-refractivity contribution in [3.63, 3.8) is 0 Å². The Kier molecular flexibility index (Phi) is 3.20. The molecule has 0 N–H and O–H groups in total. The maximum absolute atomic E-state index is 2.49. The lowest BCUT2D eigenvalue weighted by Gasteiger charge is -2.42. The molecule has 0 aromatic carbocycles. The predicted octanol–water partition coefficient (Wildman–Crippen LogP) is 4.25. The van der Waals surface area contributed by atoms with Gasteiger partial charge in [0.15, 0.2) is 0 Å². The summed E-state index contributed by atoms with van der Waals surface area (Å²) in [6.07, 6.45) is 7.16. The summed E-state index contributed by atoms with van der Waals surface area (Å²) in [5.41, 5.74) is 0.668. The van der Waals surface area contributed by atoms with Crippen LogP contribution in [0.4, 0.5) is 0 Å². The Bertz CT molecular complexity index is 139. The van der Waals surface area contributed by atoms with E-state index in [9.17, 15) is 0 Å². The van der Waals surface area contributed by atoms with Crippen LogP contribution in [0.1, 0.15) is 59.8 Å². The highest BCUT2D eigenvalue weighted by Gasteiger charge is 2.34. The van der Waals surface area contributed by atoms with E-state index in [1.54, 1.807) is 0 Å². The lowest BCUT2D eigenvalue weighted by molar-refractivity contribution is 0.0880. The molecule has 72 valence electrons. The standard InChI is InChI=1S/C12H24/c1-5-7-12(4)8-6-10(2)9-11(12)3/h10-11H,5-9H2,1-4H3. The molecule has 1 saturated carbocycles. The molecule has 1 rings (SSSR count). The molecule has 0 saturated heterocycles. The highest BCUT2D eigenvalue weighted by atomic mass is 14.4. The average Bonchev–Trinajstić information content (AvgIpc) is 1.99. The van der Waals surface area contributed by atoms with Crippen LogP contribution in [0.3, 0.4) is 0 Å². The van der Waals surface area contributed by atoms with Gasteiger partial charge in [0.05, 0.1) is 0 Å². The van der Waals surface area contributed by atoms with Crippen molar-refractivity contribution in [1.29, 1.82) is 0 Å². The number of hydrogen-bond acceptors (Lipinski definition) is 0. The van der Waals surface area contributed by atoms with Crippen LogP contribution in [-0.4, -0.2) is 0 Å². The Morgan fingerprint density at radius 2 is 2.00 bits per heavy atom. The lowest BCUT2D eigenvalue weighted by atomic mass is 9.63. The zero-order valence-corrected chi connectivity index (χ0v) is 9.19. The van der Waals surface area contributed by atoms with Crippen molar-refractivity contribution in [2.45, 2.75) is 59.8 Å². The van der Waals surface area contributed by atoms with Gasteiger partial charge in [-0.1, -0.05) is 40.5 Å². The molecule has 3 unspecified atom stereocenters. The number of rotatable bonds is 2. The molecule has 0 aliphatic heterocycles. The fourth-order valence-corrected chi connectivity index (χ4v) is 2.77. The van der Waals surface area contributed by atoms with Gasteiger partial charge >= 0.3 is 0 Å². The predicted molar refractivity (Wildman–Crippen MR) is 55.2 cm³/mol. The van der Waals surface area contributed by atoms with Gasteiger partial charge in [0.2, 0.25) is 0 Å². The van der Waals surface area contributed by atoms with Crippen molar-refractivity contribution in [3.8, 4) is 0 Å². The zero-order valence-electron chi connectivity index (χ0n) is 9.19. The minimum absolute atomic E-state index is 0.668. The van der Waals surface area contributed by atoms with Crippen LogP contribution >= 0.6 is 0 Å². The van der Waals surface area contributed by atoms with E-state index >= 15 is 0 Å². The van der Waals surface area contributed by atoms with E-state index in [0.29, 0.717) is 5.41 Å². The molecule has 0 aromatic heterocycles. The summed E-state index contributed by atoms with van der Waals surface area (Å²) in [5.74, 6) is 1.92. The first-order chi connectivity index (χ1) is 5.58. The smallest absolute Gasteiger partial charge is 0.0300 e. The van der Waals surface area contributed by atoms with E-state index in [4.69, 9.17) is 0 Å². The van der Waals surface area contributed by atoms with E-state index < -0.39 is 0 Å². The van der Waals surface area contributed by atoms with Crippen molar-refractivity contribution < 1.29 is 0 Å². The fraction of sp³-hybridized carbons (Fsp3) is 1.00. The second kappa shape index (κ2) is 3.81. The molecule has 0 radical (unpaired) electrons. The summed E-state index contributed by atoms with van der Waals surface area (Å²) in [6, 6.07) is 0. The van der Waals surface area contributed by atoms with Gasteiger partial charge in [-0.2, -0.15) is 0 Å². The summed E-state index contributed by atoms with van der Waals surface area (Å²) in [6.45, 7) is 9.66. The molecule has 0 nitrogen and oxygen atoms in total. The van der Waals surface area contributed by atoms with Crippen LogP contribution in [0.25, 0.3) is 0 Å². The molecule has 1 aliphatic rings. The summed E-state index contributed by atoms with van der Waals surface area (Å²) >= 11 is 0. The summed E-state index contributed by atoms with van der Waals surface area (Å²) in [5, 5.41) is 0. The third-order valence-electron chi connectivity index (χ3n) is 3.98. The van der Waals surface area contributed by atoms with Gasteiger partial charge in [-0.3, -0.25) is 0 Å². The van der Waals surface area contributed by atoms with E-state index in [2.05, 4.69) is 27.7 Å². The first kappa shape index (κ1) is 10.1. The van der Waals surface area contributed by atoms with Crippen LogP contribution in [-0.2, 0) is 0 Å². The molecule has 3 atom stereocenters. The zero-order chi connectivity index (χ0) is 9.19. The molecule has 0 heterocycles. The molecule has 12 heavy (non-hydrogen) atoms. The highest BCUT2D eigenvalue weighted by molar-refractivity contribution is 4.85. The second-order valence-electron chi connectivity index (χ2n) is 5.18. The Labute approximate surface area is 77.7 Å².